The lowest BCUT2D eigenvalue weighted by molar-refractivity contribution is 0.000465. The Labute approximate surface area is 159 Å². The molecule has 0 bridgehead atoms. The third kappa shape index (κ3) is 4.46. The zero-order chi connectivity index (χ0) is 19.2. The first-order valence-corrected chi connectivity index (χ1v) is 9.23. The highest BCUT2D eigenvalue weighted by molar-refractivity contribution is 5.94. The Morgan fingerprint density at radius 3 is 2.67 bits per heavy atom. The first-order valence-electron chi connectivity index (χ1n) is 9.23. The van der Waals surface area contributed by atoms with E-state index in [1.807, 2.05) is 18.2 Å². The molecular weight excluding hydrogens is 344 g/mol. The largest absolute Gasteiger partial charge is 0.382 e. The van der Waals surface area contributed by atoms with E-state index in [1.165, 1.54) is 4.57 Å². The number of hydrogen-bond donors (Lipinski definition) is 0. The lowest BCUT2D eigenvalue weighted by Gasteiger charge is -2.28. The number of benzene rings is 1. The van der Waals surface area contributed by atoms with E-state index in [0.717, 1.165) is 12.0 Å². The predicted molar refractivity (Wildman–Crippen MR) is 103 cm³/mol. The first-order chi connectivity index (χ1) is 13.1. The Morgan fingerprint density at radius 2 is 1.93 bits per heavy atom. The van der Waals surface area contributed by atoms with Crippen LogP contribution in [0.1, 0.15) is 22.3 Å². The number of rotatable bonds is 7. The van der Waals surface area contributed by atoms with Gasteiger partial charge in [-0.1, -0.05) is 30.3 Å². The van der Waals surface area contributed by atoms with Gasteiger partial charge >= 0.3 is 0 Å². The van der Waals surface area contributed by atoms with Gasteiger partial charge in [-0.05, 0) is 30.5 Å². The maximum Gasteiger partial charge on any atom is 0.263 e. The lowest BCUT2D eigenvalue weighted by Crippen LogP contribution is -2.44. The Kier molecular flexibility index (Phi) is 6.42. The number of aryl methyl sites for hydroxylation is 1. The van der Waals surface area contributed by atoms with E-state index in [-0.39, 0.29) is 29.2 Å². The van der Waals surface area contributed by atoms with Crippen LogP contribution in [0.25, 0.3) is 0 Å². The quantitative estimate of drug-likeness (QED) is 0.698. The number of aromatic nitrogens is 1. The van der Waals surface area contributed by atoms with Crippen molar-refractivity contribution in [3.05, 3.63) is 70.1 Å². The monoisotopic (exact) mass is 370 g/mol. The molecule has 1 amide bonds. The minimum atomic E-state index is -0.273. The smallest absolute Gasteiger partial charge is 0.263 e. The van der Waals surface area contributed by atoms with Gasteiger partial charge in [-0.2, -0.15) is 0 Å². The van der Waals surface area contributed by atoms with Crippen molar-refractivity contribution in [1.82, 2.24) is 9.47 Å². The second kappa shape index (κ2) is 8.97. The maximum absolute atomic E-state index is 13.1. The molecule has 1 aliphatic rings. The molecule has 2 atom stereocenters. The number of pyridine rings is 1. The molecule has 0 radical (unpaired) electrons. The van der Waals surface area contributed by atoms with Crippen molar-refractivity contribution in [3.8, 4) is 0 Å². The van der Waals surface area contributed by atoms with Crippen molar-refractivity contribution < 1.29 is 14.3 Å². The number of hydrogen-bond acceptors (Lipinski definition) is 4. The number of amides is 1. The van der Waals surface area contributed by atoms with E-state index in [1.54, 1.807) is 37.4 Å². The minimum Gasteiger partial charge on any atom is -0.382 e. The summed E-state index contributed by atoms with van der Waals surface area (Å²) in [6.07, 6.45) is 3.02. The predicted octanol–water partition coefficient (Wildman–Crippen LogP) is 1.87. The summed E-state index contributed by atoms with van der Waals surface area (Å²) in [4.78, 5) is 27.3. The molecule has 1 saturated heterocycles. The summed E-state index contributed by atoms with van der Waals surface area (Å²) in [7, 11) is 3.29. The normalized spacial score (nSPS) is 19.4. The molecule has 6 nitrogen and oxygen atoms in total. The van der Waals surface area contributed by atoms with Gasteiger partial charge in [0.25, 0.3) is 11.5 Å². The third-order valence-electron chi connectivity index (χ3n) is 5.01. The van der Waals surface area contributed by atoms with Crippen molar-refractivity contribution in [2.24, 2.45) is 7.05 Å². The lowest BCUT2D eigenvalue weighted by atomic mass is 10.0. The van der Waals surface area contributed by atoms with Gasteiger partial charge in [0.1, 0.15) is 5.56 Å². The number of ether oxygens (including phenoxy) is 2. The van der Waals surface area contributed by atoms with E-state index in [2.05, 4.69) is 12.1 Å². The molecule has 2 aromatic rings. The molecule has 144 valence electrons. The molecule has 0 spiro atoms. The minimum absolute atomic E-state index is 0.0723. The van der Waals surface area contributed by atoms with E-state index in [4.69, 9.17) is 9.47 Å². The molecule has 0 N–H and O–H groups in total. The van der Waals surface area contributed by atoms with Crippen LogP contribution in [-0.4, -0.2) is 54.4 Å². The molecule has 1 aliphatic heterocycles. The van der Waals surface area contributed by atoms with Gasteiger partial charge in [0.05, 0.1) is 25.4 Å². The molecule has 1 fully saturated rings. The van der Waals surface area contributed by atoms with Crippen LogP contribution in [0.5, 0.6) is 0 Å². The second-order valence-corrected chi connectivity index (χ2v) is 6.78. The summed E-state index contributed by atoms with van der Waals surface area (Å²) < 4.78 is 12.5. The van der Waals surface area contributed by atoms with Gasteiger partial charge < -0.3 is 18.9 Å². The summed E-state index contributed by atoms with van der Waals surface area (Å²) in [6, 6.07) is 13.3. The fraction of sp³-hybridized carbons (Fsp3) is 0.429. The highest BCUT2D eigenvalue weighted by atomic mass is 16.5. The molecule has 0 aliphatic carbocycles. The summed E-state index contributed by atoms with van der Waals surface area (Å²) in [5.74, 6) is -0.227. The molecule has 3 rings (SSSR count). The molecule has 1 aromatic carbocycles. The topological polar surface area (TPSA) is 60.8 Å². The molecule has 1 aromatic heterocycles. The standard InChI is InChI=1S/C21H26N2O4/c1-22-11-6-9-17(20(22)24)21(25)23-12-10-19(27-14-13-26-2)18(23)15-16-7-4-3-5-8-16/h3-9,11,18-19H,10,12-15H2,1-2H3/t18-,19+/m0/s1. The Hall–Kier alpha value is -2.44. The molecule has 0 unspecified atom stereocenters. The van der Waals surface area contributed by atoms with E-state index < -0.39 is 0 Å². The van der Waals surface area contributed by atoms with Crippen LogP contribution in [0.4, 0.5) is 0 Å². The Balaban J connectivity index is 1.84. The van der Waals surface area contributed by atoms with Gasteiger partial charge in [-0.15, -0.1) is 0 Å². The van der Waals surface area contributed by atoms with Crippen LogP contribution in [0.2, 0.25) is 0 Å². The fourth-order valence-electron chi connectivity index (χ4n) is 3.57. The molecule has 6 heteroatoms. The van der Waals surface area contributed by atoms with Crippen molar-refractivity contribution in [2.75, 3.05) is 26.9 Å². The van der Waals surface area contributed by atoms with Crippen LogP contribution >= 0.6 is 0 Å². The summed E-state index contributed by atoms with van der Waals surface area (Å²) in [5.41, 5.74) is 1.07. The average molecular weight is 370 g/mol. The first kappa shape index (κ1) is 19.3. The summed E-state index contributed by atoms with van der Waals surface area (Å²) in [6.45, 7) is 1.58. The second-order valence-electron chi connectivity index (χ2n) is 6.78. The van der Waals surface area contributed by atoms with Crippen LogP contribution in [0.15, 0.2) is 53.5 Å². The summed E-state index contributed by atoms with van der Waals surface area (Å²) >= 11 is 0. The van der Waals surface area contributed by atoms with Crippen molar-refractivity contribution >= 4 is 5.91 Å². The van der Waals surface area contributed by atoms with Crippen molar-refractivity contribution in [2.45, 2.75) is 25.0 Å². The van der Waals surface area contributed by atoms with Gasteiger partial charge in [-0.25, -0.2) is 0 Å². The fourth-order valence-corrected chi connectivity index (χ4v) is 3.57. The van der Waals surface area contributed by atoms with Gasteiger partial charge in [0, 0.05) is 26.9 Å². The number of likely N-dealkylation sites (tertiary alicyclic amines) is 1. The SMILES string of the molecule is COCCO[C@@H]1CCN(C(=O)c2cccn(C)c2=O)[C@H]1Cc1ccccc1. The summed E-state index contributed by atoms with van der Waals surface area (Å²) in [5, 5.41) is 0. The van der Waals surface area contributed by atoms with Crippen molar-refractivity contribution in [3.63, 3.8) is 0 Å². The zero-order valence-electron chi connectivity index (χ0n) is 15.8. The van der Waals surface area contributed by atoms with Gasteiger partial charge in [-0.3, -0.25) is 9.59 Å². The van der Waals surface area contributed by atoms with Crippen molar-refractivity contribution in [1.29, 1.82) is 0 Å². The number of carbonyl (C=O) groups excluding carboxylic acids is 1. The van der Waals surface area contributed by atoms with E-state index >= 15 is 0 Å². The van der Waals surface area contributed by atoms with Crippen LogP contribution in [0, 0.1) is 0 Å². The highest BCUT2D eigenvalue weighted by Crippen LogP contribution is 2.26. The van der Waals surface area contributed by atoms with E-state index in [0.29, 0.717) is 26.2 Å². The van der Waals surface area contributed by atoms with Crippen LogP contribution < -0.4 is 5.56 Å². The third-order valence-corrected chi connectivity index (χ3v) is 5.01. The van der Waals surface area contributed by atoms with Crippen LogP contribution in [0.3, 0.4) is 0 Å². The number of nitrogens with zero attached hydrogens (tertiary/aromatic N) is 2. The molecule has 2 heterocycles. The zero-order valence-corrected chi connectivity index (χ0v) is 15.8. The van der Waals surface area contributed by atoms with Gasteiger partial charge in [0.2, 0.25) is 0 Å². The number of carbonyl (C=O) groups is 1. The maximum atomic E-state index is 13.1. The Morgan fingerprint density at radius 1 is 1.15 bits per heavy atom. The molecule has 27 heavy (non-hydrogen) atoms. The molecule has 0 saturated carbocycles. The van der Waals surface area contributed by atoms with Crippen LogP contribution in [-0.2, 0) is 22.9 Å². The highest BCUT2D eigenvalue weighted by Gasteiger charge is 2.38. The van der Waals surface area contributed by atoms with E-state index in [9.17, 15) is 9.59 Å². The van der Waals surface area contributed by atoms with Gasteiger partial charge in [0.15, 0.2) is 0 Å². The average Bonchev–Trinajstić information content (AvgIpc) is 3.07. The number of methoxy groups -OCH3 is 1. The molecular formula is C21H26N2O4. The Bertz CT molecular complexity index is 818.